The van der Waals surface area contributed by atoms with Crippen molar-refractivity contribution in [2.24, 2.45) is 39.9 Å². The van der Waals surface area contributed by atoms with Crippen LogP contribution < -0.4 is 0 Å². The predicted molar refractivity (Wildman–Crippen MR) is 105 cm³/mol. The summed E-state index contributed by atoms with van der Waals surface area (Å²) in [6, 6.07) is 0. The number of fused-ring (bicyclic) bond motifs is 6. The summed E-state index contributed by atoms with van der Waals surface area (Å²) in [6.07, 6.45) is 14.4. The maximum atomic E-state index is 6.30. The Balaban J connectivity index is 1.49. The molecule has 0 aromatic rings. The van der Waals surface area contributed by atoms with Gasteiger partial charge >= 0.3 is 0 Å². The first-order valence-electron chi connectivity index (χ1n) is 11.3. The number of ether oxygens (including phenoxy) is 2. The zero-order chi connectivity index (χ0) is 18.2. The third-order valence-corrected chi connectivity index (χ3v) is 10.4. The third kappa shape index (κ3) is 1.96. The van der Waals surface area contributed by atoms with E-state index < -0.39 is 0 Å². The Bertz CT molecular complexity index is 593. The summed E-state index contributed by atoms with van der Waals surface area (Å²) in [5, 5.41) is 0. The van der Waals surface area contributed by atoms with Gasteiger partial charge in [-0.3, -0.25) is 0 Å². The lowest BCUT2D eigenvalue weighted by atomic mass is 9.39. The lowest BCUT2D eigenvalue weighted by Crippen LogP contribution is -2.59. The van der Waals surface area contributed by atoms with Gasteiger partial charge in [-0.1, -0.05) is 33.3 Å². The largest absolute Gasteiger partial charge is 0.347 e. The zero-order valence-corrected chi connectivity index (χ0v) is 17.2. The highest BCUT2D eigenvalue weighted by atomic mass is 16.7. The lowest BCUT2D eigenvalue weighted by molar-refractivity contribution is -0.250. The third-order valence-electron chi connectivity index (χ3n) is 10.4. The van der Waals surface area contributed by atoms with Crippen LogP contribution in [0.15, 0.2) is 12.7 Å². The van der Waals surface area contributed by atoms with Crippen molar-refractivity contribution in [3.8, 4) is 0 Å². The molecule has 5 aliphatic rings. The number of hydrogen-bond acceptors (Lipinski definition) is 2. The van der Waals surface area contributed by atoms with Gasteiger partial charge < -0.3 is 9.47 Å². The molecule has 4 aliphatic carbocycles. The molecule has 0 aromatic carbocycles. The zero-order valence-electron chi connectivity index (χ0n) is 17.2. The molecule has 0 N–H and O–H groups in total. The van der Waals surface area contributed by atoms with Crippen LogP contribution in [0.3, 0.4) is 0 Å². The fourth-order valence-electron chi connectivity index (χ4n) is 8.90. The predicted octanol–water partition coefficient (Wildman–Crippen LogP) is 5.96. The summed E-state index contributed by atoms with van der Waals surface area (Å²) >= 11 is 0. The van der Waals surface area contributed by atoms with Gasteiger partial charge in [-0.05, 0) is 79.4 Å². The molecule has 0 aromatic heterocycles. The molecule has 2 nitrogen and oxygen atoms in total. The molecule has 4 saturated carbocycles. The molecule has 1 aliphatic heterocycles. The molecule has 7 unspecified atom stereocenters. The van der Waals surface area contributed by atoms with Crippen molar-refractivity contribution >= 4 is 0 Å². The molecule has 146 valence electrons. The monoisotopic (exact) mass is 358 g/mol. The van der Waals surface area contributed by atoms with Crippen LogP contribution in [0.1, 0.15) is 78.6 Å². The summed E-state index contributed by atoms with van der Waals surface area (Å²) in [5.41, 5.74) is 1.08. The summed E-state index contributed by atoms with van der Waals surface area (Å²) < 4.78 is 12.6. The Kier molecular flexibility index (Phi) is 3.82. The van der Waals surface area contributed by atoms with Crippen LogP contribution in [-0.4, -0.2) is 19.0 Å². The van der Waals surface area contributed by atoms with Gasteiger partial charge in [0, 0.05) is 11.8 Å². The molecule has 2 heteroatoms. The van der Waals surface area contributed by atoms with E-state index in [0.717, 1.165) is 43.3 Å². The van der Waals surface area contributed by atoms with Gasteiger partial charge in [-0.15, -0.1) is 6.58 Å². The molecular formula is C24H38O2. The topological polar surface area (TPSA) is 18.5 Å². The van der Waals surface area contributed by atoms with E-state index in [4.69, 9.17) is 9.47 Å². The minimum absolute atomic E-state index is 0.233. The van der Waals surface area contributed by atoms with Crippen LogP contribution in [0.25, 0.3) is 0 Å². The fourth-order valence-corrected chi connectivity index (χ4v) is 8.90. The smallest absolute Gasteiger partial charge is 0.174 e. The number of hydrogen-bond donors (Lipinski definition) is 0. The van der Waals surface area contributed by atoms with E-state index in [1.165, 1.54) is 51.4 Å². The summed E-state index contributed by atoms with van der Waals surface area (Å²) in [5.74, 6) is 3.14. The number of rotatable bonds is 1. The Morgan fingerprint density at radius 2 is 1.50 bits per heavy atom. The second-order valence-electron chi connectivity index (χ2n) is 11.0. The molecule has 0 radical (unpaired) electrons. The SMILES string of the molecule is C=CC12CCC3C(CCC4(C)C3CCC43OCCO3)C1(C)CCC(C)C2. The summed E-state index contributed by atoms with van der Waals surface area (Å²) in [7, 11) is 0. The Morgan fingerprint density at radius 1 is 0.846 bits per heavy atom. The average Bonchev–Trinajstić information content (AvgIpc) is 3.22. The molecule has 26 heavy (non-hydrogen) atoms. The first-order chi connectivity index (χ1) is 12.4. The van der Waals surface area contributed by atoms with E-state index in [0.29, 0.717) is 10.8 Å². The van der Waals surface area contributed by atoms with Crippen LogP contribution in [0, 0.1) is 39.9 Å². The fraction of sp³-hybridized carbons (Fsp3) is 0.917. The molecule has 0 bridgehead atoms. The van der Waals surface area contributed by atoms with Crippen molar-refractivity contribution in [2.75, 3.05) is 13.2 Å². The molecule has 7 atom stereocenters. The van der Waals surface area contributed by atoms with Crippen molar-refractivity contribution in [2.45, 2.75) is 84.3 Å². The quantitative estimate of drug-likeness (QED) is 0.538. The molecular weight excluding hydrogens is 320 g/mol. The van der Waals surface area contributed by atoms with E-state index in [2.05, 4.69) is 33.4 Å². The van der Waals surface area contributed by atoms with E-state index in [9.17, 15) is 0 Å². The van der Waals surface area contributed by atoms with Gasteiger partial charge in [0.1, 0.15) is 0 Å². The van der Waals surface area contributed by atoms with Gasteiger partial charge in [0.25, 0.3) is 0 Å². The maximum Gasteiger partial charge on any atom is 0.174 e. The van der Waals surface area contributed by atoms with Gasteiger partial charge in [0.2, 0.25) is 0 Å². The average molecular weight is 359 g/mol. The van der Waals surface area contributed by atoms with Gasteiger partial charge in [0.15, 0.2) is 5.79 Å². The second kappa shape index (κ2) is 5.60. The van der Waals surface area contributed by atoms with Crippen LogP contribution in [0.2, 0.25) is 0 Å². The van der Waals surface area contributed by atoms with Crippen molar-refractivity contribution in [1.82, 2.24) is 0 Å². The first-order valence-corrected chi connectivity index (χ1v) is 11.3. The standard InChI is InChI=1S/C24H38O2/c1-5-23-12-7-18-19(21(23,3)10-6-17(2)16-23)8-11-22(4)20(18)9-13-24(22)25-14-15-26-24/h5,17-20H,1,6-16H2,2-4H3. The highest BCUT2D eigenvalue weighted by Crippen LogP contribution is 2.72. The van der Waals surface area contributed by atoms with Gasteiger partial charge in [-0.25, -0.2) is 0 Å². The highest BCUT2D eigenvalue weighted by molar-refractivity contribution is 5.18. The Morgan fingerprint density at radius 3 is 2.23 bits per heavy atom. The van der Waals surface area contributed by atoms with Crippen LogP contribution >= 0.6 is 0 Å². The second-order valence-corrected chi connectivity index (χ2v) is 11.0. The molecule has 0 amide bonds. The van der Waals surface area contributed by atoms with Crippen molar-refractivity contribution < 1.29 is 9.47 Å². The van der Waals surface area contributed by atoms with E-state index in [1.54, 1.807) is 0 Å². The molecule has 1 heterocycles. The molecule has 5 fully saturated rings. The minimum Gasteiger partial charge on any atom is -0.347 e. The van der Waals surface area contributed by atoms with E-state index in [-0.39, 0.29) is 11.2 Å². The van der Waals surface area contributed by atoms with E-state index in [1.807, 2.05) is 0 Å². The van der Waals surface area contributed by atoms with E-state index >= 15 is 0 Å². The summed E-state index contributed by atoms with van der Waals surface area (Å²) in [4.78, 5) is 0. The molecule has 5 rings (SSSR count). The van der Waals surface area contributed by atoms with Crippen LogP contribution in [-0.2, 0) is 9.47 Å². The highest BCUT2D eigenvalue weighted by Gasteiger charge is 2.68. The lowest BCUT2D eigenvalue weighted by Gasteiger charge is -2.65. The maximum absolute atomic E-state index is 6.30. The van der Waals surface area contributed by atoms with Crippen molar-refractivity contribution in [3.63, 3.8) is 0 Å². The molecule has 1 spiro atoms. The number of allylic oxidation sites excluding steroid dienone is 1. The van der Waals surface area contributed by atoms with Gasteiger partial charge in [0.05, 0.1) is 13.2 Å². The normalized spacial score (nSPS) is 55.2. The first kappa shape index (κ1) is 17.7. The summed E-state index contributed by atoms with van der Waals surface area (Å²) in [6.45, 7) is 13.6. The van der Waals surface area contributed by atoms with Crippen molar-refractivity contribution in [1.29, 1.82) is 0 Å². The molecule has 1 saturated heterocycles. The van der Waals surface area contributed by atoms with Crippen LogP contribution in [0.4, 0.5) is 0 Å². The Labute approximate surface area is 160 Å². The van der Waals surface area contributed by atoms with Gasteiger partial charge in [-0.2, -0.15) is 0 Å². The Hall–Kier alpha value is -0.340. The minimum atomic E-state index is -0.252. The van der Waals surface area contributed by atoms with Crippen molar-refractivity contribution in [3.05, 3.63) is 12.7 Å². The van der Waals surface area contributed by atoms with Crippen LogP contribution in [0.5, 0.6) is 0 Å².